The van der Waals surface area contributed by atoms with Crippen molar-refractivity contribution in [3.63, 3.8) is 0 Å². The third-order valence-corrected chi connectivity index (χ3v) is 5.19. The molecule has 0 bridgehead atoms. The van der Waals surface area contributed by atoms with Gasteiger partial charge < -0.3 is 20.5 Å². The maximum absolute atomic E-state index is 11.5. The summed E-state index contributed by atoms with van der Waals surface area (Å²) in [6.07, 6.45) is 3.04. The lowest BCUT2D eigenvalue weighted by molar-refractivity contribution is 0.0904. The molecule has 25 heavy (non-hydrogen) atoms. The summed E-state index contributed by atoms with van der Waals surface area (Å²) in [5.74, 6) is 1.21. The Bertz CT molecular complexity index is 829. The monoisotopic (exact) mass is 362 g/mol. The molecule has 2 aromatic carbocycles. The molecule has 0 spiro atoms. The summed E-state index contributed by atoms with van der Waals surface area (Å²) in [6, 6.07) is 12.1. The summed E-state index contributed by atoms with van der Waals surface area (Å²) < 4.78 is 34.4. The van der Waals surface area contributed by atoms with Gasteiger partial charge in [-0.05, 0) is 55.3 Å². The molecular weight excluding hydrogens is 340 g/mol. The highest BCUT2D eigenvalue weighted by molar-refractivity contribution is 7.90. The van der Waals surface area contributed by atoms with E-state index in [-0.39, 0.29) is 4.90 Å². The first kappa shape index (κ1) is 17.6. The van der Waals surface area contributed by atoms with Crippen molar-refractivity contribution >= 4 is 21.2 Å². The molecule has 1 heterocycles. The minimum atomic E-state index is -3.22. The van der Waals surface area contributed by atoms with Crippen molar-refractivity contribution in [1.29, 1.82) is 0 Å². The second-order valence-electron chi connectivity index (χ2n) is 6.13. The molecule has 2 aromatic rings. The fourth-order valence-electron chi connectivity index (χ4n) is 2.69. The highest BCUT2D eigenvalue weighted by Gasteiger charge is 2.16. The fraction of sp³-hybridized carbons (Fsp3) is 0.333. The zero-order valence-electron chi connectivity index (χ0n) is 14.1. The van der Waals surface area contributed by atoms with Gasteiger partial charge in [-0.15, -0.1) is 0 Å². The second-order valence-corrected chi connectivity index (χ2v) is 8.15. The molecule has 3 rings (SSSR count). The zero-order valence-corrected chi connectivity index (χ0v) is 14.9. The molecule has 3 N–H and O–H groups in total. The van der Waals surface area contributed by atoms with E-state index in [2.05, 4.69) is 5.32 Å². The van der Waals surface area contributed by atoms with Crippen LogP contribution in [0.3, 0.4) is 0 Å². The minimum Gasteiger partial charge on any atom is -0.455 e. The van der Waals surface area contributed by atoms with E-state index in [0.717, 1.165) is 31.7 Å². The van der Waals surface area contributed by atoms with E-state index < -0.39 is 9.84 Å². The quantitative estimate of drug-likeness (QED) is 0.795. The van der Waals surface area contributed by atoms with Crippen molar-refractivity contribution in [1.82, 2.24) is 0 Å². The molecule has 134 valence electrons. The lowest BCUT2D eigenvalue weighted by Crippen LogP contribution is -2.28. The molecule has 1 fully saturated rings. The van der Waals surface area contributed by atoms with Gasteiger partial charge in [0.25, 0.3) is 0 Å². The molecule has 0 amide bonds. The lowest BCUT2D eigenvalue weighted by atomic mass is 10.1. The molecule has 1 aliphatic rings. The number of anilines is 2. The number of hydrogen-bond donors (Lipinski definition) is 2. The van der Waals surface area contributed by atoms with Crippen LogP contribution in [0.1, 0.15) is 12.8 Å². The first-order chi connectivity index (χ1) is 11.9. The van der Waals surface area contributed by atoms with E-state index >= 15 is 0 Å². The highest BCUT2D eigenvalue weighted by atomic mass is 32.2. The number of benzene rings is 2. The van der Waals surface area contributed by atoms with Crippen LogP contribution in [0.15, 0.2) is 47.4 Å². The maximum atomic E-state index is 11.5. The molecule has 0 atom stereocenters. The Hall–Kier alpha value is -2.25. The van der Waals surface area contributed by atoms with Crippen LogP contribution in [0.5, 0.6) is 11.5 Å². The average molecular weight is 362 g/mol. The highest BCUT2D eigenvalue weighted by Crippen LogP contribution is 2.33. The topological polar surface area (TPSA) is 90.7 Å². The summed E-state index contributed by atoms with van der Waals surface area (Å²) in [7, 11) is -3.22. The van der Waals surface area contributed by atoms with Gasteiger partial charge in [-0.3, -0.25) is 0 Å². The van der Waals surface area contributed by atoms with E-state index in [1.807, 2.05) is 12.1 Å². The summed E-state index contributed by atoms with van der Waals surface area (Å²) in [6.45, 7) is 1.48. The van der Waals surface area contributed by atoms with Crippen LogP contribution < -0.4 is 15.8 Å². The smallest absolute Gasteiger partial charge is 0.175 e. The standard InChI is InChI=1S/C18H22N2O4S/c1-25(21,22)16-5-3-15(4-6-16)24-18-7-2-13(19)12-17(18)20-14-8-10-23-11-9-14/h2-7,12,14,20H,8-11,19H2,1H3. The van der Waals surface area contributed by atoms with Crippen molar-refractivity contribution in [2.75, 3.05) is 30.5 Å². The van der Waals surface area contributed by atoms with Crippen molar-refractivity contribution in [3.8, 4) is 11.5 Å². The number of nitrogens with two attached hydrogens (primary N) is 1. The molecular formula is C18H22N2O4S. The van der Waals surface area contributed by atoms with E-state index in [4.69, 9.17) is 15.2 Å². The maximum Gasteiger partial charge on any atom is 0.175 e. The van der Waals surface area contributed by atoms with E-state index in [9.17, 15) is 8.42 Å². The van der Waals surface area contributed by atoms with Crippen LogP contribution in [0.2, 0.25) is 0 Å². The summed E-state index contributed by atoms with van der Waals surface area (Å²) in [4.78, 5) is 0.262. The molecule has 6 nitrogen and oxygen atoms in total. The van der Waals surface area contributed by atoms with Gasteiger partial charge in [0.15, 0.2) is 15.6 Å². The first-order valence-electron chi connectivity index (χ1n) is 8.13. The molecule has 7 heteroatoms. The molecule has 1 saturated heterocycles. The number of hydrogen-bond acceptors (Lipinski definition) is 6. The Balaban J connectivity index is 1.79. The second kappa shape index (κ2) is 7.33. The van der Waals surface area contributed by atoms with Gasteiger partial charge in [-0.2, -0.15) is 0 Å². The molecule has 1 aliphatic heterocycles. The predicted octanol–water partition coefficient (Wildman–Crippen LogP) is 3.06. The lowest BCUT2D eigenvalue weighted by Gasteiger charge is -2.25. The van der Waals surface area contributed by atoms with Crippen molar-refractivity contribution in [3.05, 3.63) is 42.5 Å². The largest absolute Gasteiger partial charge is 0.455 e. The third kappa shape index (κ3) is 4.64. The van der Waals surface area contributed by atoms with Crippen molar-refractivity contribution in [2.24, 2.45) is 0 Å². The summed E-state index contributed by atoms with van der Waals surface area (Å²) in [5.41, 5.74) is 7.37. The summed E-state index contributed by atoms with van der Waals surface area (Å²) in [5, 5.41) is 3.47. The average Bonchev–Trinajstić information content (AvgIpc) is 2.58. The fourth-order valence-corrected chi connectivity index (χ4v) is 3.32. The molecule has 0 radical (unpaired) electrons. The Kier molecular flexibility index (Phi) is 5.15. The summed E-state index contributed by atoms with van der Waals surface area (Å²) >= 11 is 0. The van der Waals surface area contributed by atoms with Gasteiger partial charge >= 0.3 is 0 Å². The number of nitrogen functional groups attached to an aromatic ring is 1. The molecule has 0 saturated carbocycles. The predicted molar refractivity (Wildman–Crippen MR) is 97.9 cm³/mol. The van der Waals surface area contributed by atoms with E-state index in [0.29, 0.717) is 23.2 Å². The van der Waals surface area contributed by atoms with E-state index in [1.165, 1.54) is 18.4 Å². The SMILES string of the molecule is CS(=O)(=O)c1ccc(Oc2ccc(N)cc2NC2CCOCC2)cc1. The Labute approximate surface area is 147 Å². The van der Waals surface area contributed by atoms with Gasteiger partial charge in [0, 0.05) is 31.2 Å². The van der Waals surface area contributed by atoms with Crippen molar-refractivity contribution < 1.29 is 17.9 Å². The Morgan fingerprint density at radius 2 is 1.80 bits per heavy atom. The third-order valence-electron chi connectivity index (χ3n) is 4.06. The van der Waals surface area contributed by atoms with Crippen LogP contribution in [-0.4, -0.2) is 33.9 Å². The van der Waals surface area contributed by atoms with Gasteiger partial charge in [-0.1, -0.05) is 0 Å². The zero-order chi connectivity index (χ0) is 17.9. The number of sulfone groups is 1. The normalized spacial score (nSPS) is 15.7. The van der Waals surface area contributed by atoms with Crippen LogP contribution in [0.25, 0.3) is 0 Å². The number of rotatable bonds is 5. The Morgan fingerprint density at radius 3 is 2.44 bits per heavy atom. The number of ether oxygens (including phenoxy) is 2. The Morgan fingerprint density at radius 1 is 1.12 bits per heavy atom. The van der Waals surface area contributed by atoms with E-state index in [1.54, 1.807) is 18.2 Å². The van der Waals surface area contributed by atoms with Crippen LogP contribution >= 0.6 is 0 Å². The van der Waals surface area contributed by atoms with Crippen LogP contribution in [-0.2, 0) is 14.6 Å². The minimum absolute atomic E-state index is 0.262. The van der Waals surface area contributed by atoms with Crippen LogP contribution in [0, 0.1) is 0 Å². The molecule has 0 aromatic heterocycles. The number of nitrogens with one attached hydrogen (secondary N) is 1. The first-order valence-corrected chi connectivity index (χ1v) is 10.0. The molecule has 0 unspecified atom stereocenters. The van der Waals surface area contributed by atoms with Gasteiger partial charge in [0.05, 0.1) is 10.6 Å². The van der Waals surface area contributed by atoms with Gasteiger partial charge in [-0.25, -0.2) is 8.42 Å². The van der Waals surface area contributed by atoms with Gasteiger partial charge in [0.1, 0.15) is 5.75 Å². The van der Waals surface area contributed by atoms with Gasteiger partial charge in [0.2, 0.25) is 0 Å². The van der Waals surface area contributed by atoms with Crippen LogP contribution in [0.4, 0.5) is 11.4 Å². The molecule has 0 aliphatic carbocycles. The van der Waals surface area contributed by atoms with Crippen molar-refractivity contribution in [2.45, 2.75) is 23.8 Å².